The maximum absolute atomic E-state index is 11.9. The van der Waals surface area contributed by atoms with Crippen molar-refractivity contribution < 1.29 is 4.79 Å². The molecule has 6 nitrogen and oxygen atoms in total. The molecular formula is C12H13Cl2N5O. The van der Waals surface area contributed by atoms with Gasteiger partial charge >= 0.3 is 0 Å². The van der Waals surface area contributed by atoms with Crippen LogP contribution in [0.2, 0.25) is 10.0 Å². The number of aromatic nitrogens is 3. The normalized spacial score (nSPS) is 10.5. The van der Waals surface area contributed by atoms with E-state index in [-0.39, 0.29) is 21.6 Å². The van der Waals surface area contributed by atoms with E-state index in [0.29, 0.717) is 18.5 Å². The Morgan fingerprint density at radius 2 is 2.20 bits per heavy atom. The number of nitrogens with one attached hydrogen (secondary N) is 2. The number of benzene rings is 1. The van der Waals surface area contributed by atoms with Crippen molar-refractivity contribution in [3.8, 4) is 0 Å². The number of aromatic amines is 1. The third kappa shape index (κ3) is 3.61. The number of carbonyl (C=O) groups excluding carboxylic acids is 1. The second kappa shape index (κ2) is 6.58. The van der Waals surface area contributed by atoms with Crippen LogP contribution in [0, 0.1) is 0 Å². The first-order chi connectivity index (χ1) is 9.58. The molecule has 0 aliphatic rings. The third-order valence-corrected chi connectivity index (χ3v) is 3.48. The Balaban J connectivity index is 1.86. The smallest absolute Gasteiger partial charge is 0.251 e. The van der Waals surface area contributed by atoms with E-state index >= 15 is 0 Å². The number of H-pyrrole nitrogens is 1. The molecule has 0 saturated heterocycles. The van der Waals surface area contributed by atoms with Crippen LogP contribution < -0.4 is 11.1 Å². The number of nitrogen functional groups attached to an aromatic ring is 1. The number of hydrogen-bond acceptors (Lipinski definition) is 4. The Hall–Kier alpha value is -1.79. The zero-order valence-corrected chi connectivity index (χ0v) is 12.0. The van der Waals surface area contributed by atoms with Crippen LogP contribution in [0.3, 0.4) is 0 Å². The highest BCUT2D eigenvalue weighted by Gasteiger charge is 2.10. The summed E-state index contributed by atoms with van der Waals surface area (Å²) in [6, 6.07) is 2.99. The summed E-state index contributed by atoms with van der Waals surface area (Å²) >= 11 is 11.7. The SMILES string of the molecule is Nc1cc(C(=O)NCCCc2ncn[nH]2)cc(Cl)c1Cl. The summed E-state index contributed by atoms with van der Waals surface area (Å²) in [7, 11) is 0. The standard InChI is InChI=1S/C12H13Cl2N5O/c13-8-4-7(5-9(15)11(8)14)12(20)16-3-1-2-10-17-6-18-19-10/h4-6H,1-3,15H2,(H,16,20)(H,17,18,19). The third-order valence-electron chi connectivity index (χ3n) is 2.66. The van der Waals surface area contributed by atoms with Gasteiger partial charge in [0.2, 0.25) is 0 Å². The predicted molar refractivity (Wildman–Crippen MR) is 77.9 cm³/mol. The molecule has 1 amide bonds. The lowest BCUT2D eigenvalue weighted by Crippen LogP contribution is -2.25. The van der Waals surface area contributed by atoms with Gasteiger partial charge in [-0.1, -0.05) is 23.2 Å². The van der Waals surface area contributed by atoms with Crippen molar-refractivity contribution in [1.29, 1.82) is 0 Å². The Morgan fingerprint density at radius 1 is 1.40 bits per heavy atom. The predicted octanol–water partition coefficient (Wildman–Crippen LogP) is 2.06. The van der Waals surface area contributed by atoms with Gasteiger partial charge in [0.05, 0.1) is 15.7 Å². The topological polar surface area (TPSA) is 96.7 Å². The molecule has 0 spiro atoms. The fourth-order valence-corrected chi connectivity index (χ4v) is 1.99. The van der Waals surface area contributed by atoms with E-state index in [1.54, 1.807) is 0 Å². The molecule has 1 aromatic carbocycles. The number of hydrogen-bond donors (Lipinski definition) is 3. The van der Waals surface area contributed by atoms with E-state index in [0.717, 1.165) is 12.2 Å². The molecule has 0 aliphatic heterocycles. The van der Waals surface area contributed by atoms with Crippen molar-refractivity contribution >= 4 is 34.8 Å². The second-order valence-electron chi connectivity index (χ2n) is 4.15. The maximum atomic E-state index is 11.9. The van der Waals surface area contributed by atoms with Gasteiger partial charge in [0, 0.05) is 18.5 Å². The van der Waals surface area contributed by atoms with Gasteiger partial charge in [-0.05, 0) is 18.6 Å². The Morgan fingerprint density at radius 3 is 2.85 bits per heavy atom. The number of halogens is 2. The Kier molecular flexibility index (Phi) is 4.81. The molecular weight excluding hydrogens is 301 g/mol. The molecule has 106 valence electrons. The highest BCUT2D eigenvalue weighted by molar-refractivity contribution is 6.43. The highest BCUT2D eigenvalue weighted by atomic mass is 35.5. The van der Waals surface area contributed by atoms with Gasteiger partial charge in [-0.2, -0.15) is 5.10 Å². The van der Waals surface area contributed by atoms with E-state index in [4.69, 9.17) is 28.9 Å². The number of nitrogens with two attached hydrogens (primary N) is 1. The quantitative estimate of drug-likeness (QED) is 0.581. The van der Waals surface area contributed by atoms with Crippen molar-refractivity contribution in [1.82, 2.24) is 20.5 Å². The Labute approximate surface area is 125 Å². The lowest BCUT2D eigenvalue weighted by atomic mass is 10.2. The van der Waals surface area contributed by atoms with Gasteiger partial charge < -0.3 is 11.1 Å². The molecule has 0 unspecified atom stereocenters. The lowest BCUT2D eigenvalue weighted by molar-refractivity contribution is 0.0953. The zero-order chi connectivity index (χ0) is 14.5. The summed E-state index contributed by atoms with van der Waals surface area (Å²) in [6.45, 7) is 0.514. The molecule has 1 aromatic heterocycles. The van der Waals surface area contributed by atoms with E-state index in [1.165, 1.54) is 18.5 Å². The molecule has 0 saturated carbocycles. The van der Waals surface area contributed by atoms with Crippen molar-refractivity contribution in [2.75, 3.05) is 12.3 Å². The van der Waals surface area contributed by atoms with Crippen LogP contribution in [0.1, 0.15) is 22.6 Å². The summed E-state index contributed by atoms with van der Waals surface area (Å²) in [5, 5.41) is 9.80. The molecule has 8 heteroatoms. The van der Waals surface area contributed by atoms with Crippen molar-refractivity contribution in [2.24, 2.45) is 0 Å². The van der Waals surface area contributed by atoms with Gasteiger partial charge in [-0.3, -0.25) is 9.89 Å². The monoisotopic (exact) mass is 313 g/mol. The number of aryl methyl sites for hydroxylation is 1. The van der Waals surface area contributed by atoms with E-state index in [1.807, 2.05) is 0 Å². The zero-order valence-electron chi connectivity index (χ0n) is 10.5. The molecule has 2 rings (SSSR count). The second-order valence-corrected chi connectivity index (χ2v) is 4.94. The summed E-state index contributed by atoms with van der Waals surface area (Å²) in [6.07, 6.45) is 2.91. The average Bonchev–Trinajstić information content (AvgIpc) is 2.93. The fraction of sp³-hybridized carbons (Fsp3) is 0.250. The molecule has 0 aliphatic carbocycles. The summed E-state index contributed by atoms with van der Waals surface area (Å²) in [5.41, 5.74) is 6.33. The number of anilines is 1. The van der Waals surface area contributed by atoms with Gasteiger partial charge in [0.1, 0.15) is 12.2 Å². The van der Waals surface area contributed by atoms with Crippen molar-refractivity contribution in [3.63, 3.8) is 0 Å². The largest absolute Gasteiger partial charge is 0.397 e. The van der Waals surface area contributed by atoms with Crippen LogP contribution in [0.5, 0.6) is 0 Å². The van der Waals surface area contributed by atoms with Gasteiger partial charge in [-0.15, -0.1) is 0 Å². The number of carbonyl (C=O) groups is 1. The molecule has 0 atom stereocenters. The first kappa shape index (κ1) is 14.6. The minimum Gasteiger partial charge on any atom is -0.397 e. The van der Waals surface area contributed by atoms with Crippen molar-refractivity contribution in [2.45, 2.75) is 12.8 Å². The highest BCUT2D eigenvalue weighted by Crippen LogP contribution is 2.29. The minimum atomic E-state index is -0.243. The Bertz CT molecular complexity index is 577. The van der Waals surface area contributed by atoms with E-state index < -0.39 is 0 Å². The van der Waals surface area contributed by atoms with Gasteiger partial charge in [0.15, 0.2) is 0 Å². The lowest BCUT2D eigenvalue weighted by Gasteiger charge is -2.07. The first-order valence-electron chi connectivity index (χ1n) is 5.95. The van der Waals surface area contributed by atoms with Crippen LogP contribution in [0.4, 0.5) is 5.69 Å². The summed E-state index contributed by atoms with van der Waals surface area (Å²) < 4.78 is 0. The molecule has 20 heavy (non-hydrogen) atoms. The van der Waals surface area contributed by atoms with Crippen LogP contribution in [0.15, 0.2) is 18.5 Å². The number of rotatable bonds is 5. The van der Waals surface area contributed by atoms with Crippen LogP contribution in [-0.4, -0.2) is 27.6 Å². The molecule has 4 N–H and O–H groups in total. The molecule has 2 aromatic rings. The first-order valence-corrected chi connectivity index (χ1v) is 6.70. The number of nitrogens with zero attached hydrogens (tertiary/aromatic N) is 2. The molecule has 0 bridgehead atoms. The van der Waals surface area contributed by atoms with Gasteiger partial charge in [0.25, 0.3) is 5.91 Å². The van der Waals surface area contributed by atoms with Crippen LogP contribution in [0.25, 0.3) is 0 Å². The van der Waals surface area contributed by atoms with E-state index in [9.17, 15) is 4.79 Å². The molecule has 0 fully saturated rings. The van der Waals surface area contributed by atoms with Crippen molar-refractivity contribution in [3.05, 3.63) is 39.9 Å². The average molecular weight is 314 g/mol. The van der Waals surface area contributed by atoms with E-state index in [2.05, 4.69) is 20.5 Å². The summed E-state index contributed by atoms with van der Waals surface area (Å²) in [4.78, 5) is 15.9. The molecule has 0 radical (unpaired) electrons. The summed E-state index contributed by atoms with van der Waals surface area (Å²) in [5.74, 6) is 0.547. The minimum absolute atomic E-state index is 0.243. The fourth-order valence-electron chi connectivity index (χ4n) is 1.65. The number of amides is 1. The van der Waals surface area contributed by atoms with Gasteiger partial charge in [-0.25, -0.2) is 4.98 Å². The van der Waals surface area contributed by atoms with Crippen LogP contribution >= 0.6 is 23.2 Å². The maximum Gasteiger partial charge on any atom is 0.251 e. The molecule has 1 heterocycles. The van der Waals surface area contributed by atoms with Crippen LogP contribution in [-0.2, 0) is 6.42 Å².